The lowest BCUT2D eigenvalue weighted by Crippen LogP contribution is -2.35. The van der Waals surface area contributed by atoms with Crippen molar-refractivity contribution in [1.29, 1.82) is 0 Å². The van der Waals surface area contributed by atoms with Crippen LogP contribution >= 0.6 is 0 Å². The Bertz CT molecular complexity index is 402. The van der Waals surface area contributed by atoms with Crippen molar-refractivity contribution in [1.82, 2.24) is 9.55 Å². The number of rotatable bonds is 2. The van der Waals surface area contributed by atoms with E-state index in [2.05, 4.69) is 4.98 Å². The zero-order chi connectivity index (χ0) is 10.8. The van der Waals surface area contributed by atoms with E-state index in [1.54, 1.807) is 19.4 Å². The molecule has 1 aromatic heterocycles. The second-order valence-electron chi connectivity index (χ2n) is 3.90. The number of hydrogen-bond donors (Lipinski definition) is 1. The second-order valence-corrected chi connectivity index (χ2v) is 3.90. The summed E-state index contributed by atoms with van der Waals surface area (Å²) in [6, 6.07) is 0.0247. The highest BCUT2D eigenvalue weighted by Gasteiger charge is 2.26. The summed E-state index contributed by atoms with van der Waals surface area (Å²) in [6.45, 7) is 0. The van der Waals surface area contributed by atoms with Gasteiger partial charge in [-0.3, -0.25) is 4.79 Å². The molecule has 1 aliphatic rings. The van der Waals surface area contributed by atoms with E-state index in [4.69, 9.17) is 10.5 Å². The molecule has 5 nitrogen and oxygen atoms in total. The van der Waals surface area contributed by atoms with Gasteiger partial charge >= 0.3 is 5.56 Å². The Labute approximate surface area is 87.9 Å². The highest BCUT2D eigenvalue weighted by molar-refractivity contribution is 5.05. The Morgan fingerprint density at radius 2 is 2.40 bits per heavy atom. The van der Waals surface area contributed by atoms with Crippen LogP contribution in [0.25, 0.3) is 0 Å². The predicted octanol–water partition coefficient (Wildman–Crippen LogP) is 0.0389. The van der Waals surface area contributed by atoms with Crippen LogP contribution in [0.3, 0.4) is 0 Å². The van der Waals surface area contributed by atoms with Crippen LogP contribution in [-0.2, 0) is 7.05 Å². The molecule has 82 valence electrons. The molecule has 5 heteroatoms. The fourth-order valence-electron chi connectivity index (χ4n) is 1.80. The molecule has 0 spiro atoms. The molecule has 2 N–H and O–H groups in total. The first-order valence-electron chi connectivity index (χ1n) is 5.12. The molecule has 1 saturated carbocycles. The third-order valence-electron chi connectivity index (χ3n) is 2.75. The van der Waals surface area contributed by atoms with E-state index in [1.807, 2.05) is 0 Å². The molecule has 0 saturated heterocycles. The van der Waals surface area contributed by atoms with Gasteiger partial charge in [-0.15, -0.1) is 0 Å². The third kappa shape index (κ3) is 2.02. The SMILES string of the molecule is Cn1ccnc(OC2CCCC2N)c1=O. The third-order valence-corrected chi connectivity index (χ3v) is 2.75. The number of nitrogens with two attached hydrogens (primary N) is 1. The van der Waals surface area contributed by atoms with Gasteiger partial charge in [-0.2, -0.15) is 0 Å². The zero-order valence-corrected chi connectivity index (χ0v) is 8.72. The molecule has 0 amide bonds. The minimum Gasteiger partial charge on any atom is -0.469 e. The lowest BCUT2D eigenvalue weighted by Gasteiger charge is -2.16. The van der Waals surface area contributed by atoms with Crippen molar-refractivity contribution in [3.63, 3.8) is 0 Å². The van der Waals surface area contributed by atoms with E-state index in [-0.39, 0.29) is 23.6 Å². The summed E-state index contributed by atoms with van der Waals surface area (Å²) in [7, 11) is 1.67. The molecule has 0 aliphatic heterocycles. The molecular weight excluding hydrogens is 194 g/mol. The molecule has 15 heavy (non-hydrogen) atoms. The van der Waals surface area contributed by atoms with Gasteiger partial charge in [0.05, 0.1) is 0 Å². The summed E-state index contributed by atoms with van der Waals surface area (Å²) in [5, 5.41) is 0. The minimum atomic E-state index is -0.211. The standard InChI is InChI=1S/C10H15N3O2/c1-13-6-5-12-9(10(13)14)15-8-4-2-3-7(8)11/h5-8H,2-4,11H2,1H3. The monoisotopic (exact) mass is 209 g/mol. The topological polar surface area (TPSA) is 70.1 Å². The molecule has 1 heterocycles. The van der Waals surface area contributed by atoms with Crippen LogP contribution in [0.5, 0.6) is 5.88 Å². The molecular formula is C10H15N3O2. The molecule has 0 radical (unpaired) electrons. The largest absolute Gasteiger partial charge is 0.469 e. The lowest BCUT2D eigenvalue weighted by molar-refractivity contribution is 0.180. The Morgan fingerprint density at radius 1 is 1.60 bits per heavy atom. The van der Waals surface area contributed by atoms with Gasteiger partial charge < -0.3 is 15.0 Å². The van der Waals surface area contributed by atoms with E-state index in [0.717, 1.165) is 19.3 Å². The van der Waals surface area contributed by atoms with Crippen molar-refractivity contribution in [2.75, 3.05) is 0 Å². The summed E-state index contributed by atoms with van der Waals surface area (Å²) in [4.78, 5) is 15.5. The number of aryl methyl sites for hydroxylation is 1. The molecule has 0 bridgehead atoms. The van der Waals surface area contributed by atoms with Crippen LogP contribution in [-0.4, -0.2) is 21.7 Å². The number of nitrogens with zero attached hydrogens (tertiary/aromatic N) is 2. The normalized spacial score (nSPS) is 25.5. The van der Waals surface area contributed by atoms with Gasteiger partial charge in [-0.1, -0.05) is 0 Å². The summed E-state index contributed by atoms with van der Waals surface area (Å²) >= 11 is 0. The van der Waals surface area contributed by atoms with Crippen LogP contribution in [0.4, 0.5) is 0 Å². The van der Waals surface area contributed by atoms with Crippen LogP contribution in [0, 0.1) is 0 Å². The molecule has 1 fully saturated rings. The van der Waals surface area contributed by atoms with E-state index in [1.165, 1.54) is 4.57 Å². The predicted molar refractivity (Wildman–Crippen MR) is 55.7 cm³/mol. The summed E-state index contributed by atoms with van der Waals surface area (Å²) < 4.78 is 6.98. The molecule has 1 aliphatic carbocycles. The number of hydrogen-bond acceptors (Lipinski definition) is 4. The first-order chi connectivity index (χ1) is 7.18. The van der Waals surface area contributed by atoms with Crippen molar-refractivity contribution in [2.24, 2.45) is 12.8 Å². The highest BCUT2D eigenvalue weighted by Crippen LogP contribution is 2.20. The van der Waals surface area contributed by atoms with Crippen LogP contribution in [0.1, 0.15) is 19.3 Å². The van der Waals surface area contributed by atoms with Gasteiger partial charge in [-0.05, 0) is 19.3 Å². The molecule has 1 aromatic rings. The van der Waals surface area contributed by atoms with E-state index in [9.17, 15) is 4.79 Å². The molecule has 2 unspecified atom stereocenters. The van der Waals surface area contributed by atoms with E-state index < -0.39 is 0 Å². The molecule has 2 atom stereocenters. The molecule has 2 rings (SSSR count). The maximum Gasteiger partial charge on any atom is 0.313 e. The Hall–Kier alpha value is -1.36. The van der Waals surface area contributed by atoms with Gasteiger partial charge in [0.15, 0.2) is 0 Å². The maximum absolute atomic E-state index is 11.6. The van der Waals surface area contributed by atoms with Crippen molar-refractivity contribution in [3.05, 3.63) is 22.7 Å². The number of ether oxygens (including phenoxy) is 1. The average molecular weight is 209 g/mol. The second kappa shape index (κ2) is 4.02. The maximum atomic E-state index is 11.6. The average Bonchev–Trinajstić information content (AvgIpc) is 2.60. The lowest BCUT2D eigenvalue weighted by atomic mass is 10.2. The van der Waals surface area contributed by atoms with Gasteiger partial charge in [-0.25, -0.2) is 4.98 Å². The fraction of sp³-hybridized carbons (Fsp3) is 0.600. The fourth-order valence-corrected chi connectivity index (χ4v) is 1.80. The highest BCUT2D eigenvalue weighted by atomic mass is 16.5. The van der Waals surface area contributed by atoms with Crippen LogP contribution in [0.15, 0.2) is 17.2 Å². The zero-order valence-electron chi connectivity index (χ0n) is 8.72. The van der Waals surface area contributed by atoms with Crippen molar-refractivity contribution < 1.29 is 4.74 Å². The molecule has 0 aromatic carbocycles. The Balaban J connectivity index is 2.17. The van der Waals surface area contributed by atoms with Crippen LogP contribution < -0.4 is 16.0 Å². The van der Waals surface area contributed by atoms with Crippen molar-refractivity contribution >= 4 is 0 Å². The first-order valence-corrected chi connectivity index (χ1v) is 5.12. The van der Waals surface area contributed by atoms with Crippen molar-refractivity contribution in [3.8, 4) is 5.88 Å². The van der Waals surface area contributed by atoms with Crippen molar-refractivity contribution in [2.45, 2.75) is 31.4 Å². The first kappa shape index (κ1) is 10.2. The van der Waals surface area contributed by atoms with Gasteiger partial charge in [0, 0.05) is 25.5 Å². The Morgan fingerprint density at radius 3 is 3.07 bits per heavy atom. The van der Waals surface area contributed by atoms with Crippen LogP contribution in [0.2, 0.25) is 0 Å². The smallest absolute Gasteiger partial charge is 0.313 e. The summed E-state index contributed by atoms with van der Waals surface area (Å²) in [5.74, 6) is 0.155. The van der Waals surface area contributed by atoms with Gasteiger partial charge in [0.1, 0.15) is 6.10 Å². The van der Waals surface area contributed by atoms with E-state index in [0.29, 0.717) is 0 Å². The quantitative estimate of drug-likeness (QED) is 0.746. The number of aromatic nitrogens is 2. The van der Waals surface area contributed by atoms with E-state index >= 15 is 0 Å². The van der Waals surface area contributed by atoms with Gasteiger partial charge in [0.2, 0.25) is 0 Å². The summed E-state index contributed by atoms with van der Waals surface area (Å²) in [5.41, 5.74) is 5.64. The Kier molecular flexibility index (Phi) is 2.73. The minimum absolute atomic E-state index is 0.0247. The van der Waals surface area contributed by atoms with Gasteiger partial charge in [0.25, 0.3) is 5.88 Å². The summed E-state index contributed by atoms with van der Waals surface area (Å²) in [6.07, 6.45) is 6.01.